The number of rotatable bonds is 6. The highest BCUT2D eigenvalue weighted by Gasteiger charge is 2.05. The second-order valence-corrected chi connectivity index (χ2v) is 5.51. The number of ether oxygens (including phenoxy) is 1. The van der Waals surface area contributed by atoms with E-state index in [1.807, 2.05) is 44.2 Å². The van der Waals surface area contributed by atoms with Gasteiger partial charge in [0.05, 0.1) is 12.5 Å². The molecular formula is C17H19Cl2NO. The minimum Gasteiger partial charge on any atom is -0.494 e. The second kappa shape index (κ2) is 7.58. The number of halogens is 2. The fourth-order valence-corrected chi connectivity index (χ4v) is 2.59. The Balaban J connectivity index is 2.09. The lowest BCUT2D eigenvalue weighted by molar-refractivity contribution is 0.337. The summed E-state index contributed by atoms with van der Waals surface area (Å²) in [4.78, 5) is 0. The van der Waals surface area contributed by atoms with Crippen LogP contribution in [0.4, 0.5) is 5.69 Å². The maximum absolute atomic E-state index is 6.24. The molecule has 0 bridgehead atoms. The van der Waals surface area contributed by atoms with Gasteiger partial charge in [0.2, 0.25) is 0 Å². The van der Waals surface area contributed by atoms with E-state index in [0.29, 0.717) is 19.0 Å². The average molecular weight is 324 g/mol. The largest absolute Gasteiger partial charge is 0.494 e. The minimum atomic E-state index is 0.427. The Morgan fingerprint density at radius 2 is 1.90 bits per heavy atom. The van der Waals surface area contributed by atoms with Crippen molar-refractivity contribution >= 4 is 28.9 Å². The SMILES string of the molecule is CCOc1ccc(NCc2ccc(C)cc2Cl)cc1CCl. The number of nitrogens with one attached hydrogen (secondary N) is 1. The van der Waals surface area contributed by atoms with Crippen molar-refractivity contribution in [3.63, 3.8) is 0 Å². The van der Waals surface area contributed by atoms with E-state index in [0.717, 1.165) is 33.1 Å². The molecular weight excluding hydrogens is 305 g/mol. The number of hydrogen-bond donors (Lipinski definition) is 1. The van der Waals surface area contributed by atoms with E-state index in [4.69, 9.17) is 27.9 Å². The normalized spacial score (nSPS) is 10.5. The van der Waals surface area contributed by atoms with Crippen LogP contribution in [0.25, 0.3) is 0 Å². The van der Waals surface area contributed by atoms with Crippen LogP contribution in [0.3, 0.4) is 0 Å². The molecule has 0 aliphatic carbocycles. The predicted octanol–water partition coefficient (Wildman–Crippen LogP) is 5.40. The van der Waals surface area contributed by atoms with Gasteiger partial charge in [-0.15, -0.1) is 11.6 Å². The quantitative estimate of drug-likeness (QED) is 0.719. The van der Waals surface area contributed by atoms with Crippen molar-refractivity contribution < 1.29 is 4.74 Å². The highest BCUT2D eigenvalue weighted by Crippen LogP contribution is 2.25. The van der Waals surface area contributed by atoms with Gasteiger partial charge in [0.25, 0.3) is 0 Å². The molecule has 0 saturated carbocycles. The van der Waals surface area contributed by atoms with Crippen molar-refractivity contribution in [1.82, 2.24) is 0 Å². The smallest absolute Gasteiger partial charge is 0.123 e. The lowest BCUT2D eigenvalue weighted by Crippen LogP contribution is -2.02. The second-order valence-electron chi connectivity index (χ2n) is 4.84. The van der Waals surface area contributed by atoms with E-state index in [1.165, 1.54) is 0 Å². The summed E-state index contributed by atoms with van der Waals surface area (Å²) in [5, 5.41) is 4.15. The third-order valence-corrected chi connectivity index (χ3v) is 3.84. The molecule has 4 heteroatoms. The van der Waals surface area contributed by atoms with Crippen LogP contribution in [0, 0.1) is 6.92 Å². The molecule has 21 heavy (non-hydrogen) atoms. The highest BCUT2D eigenvalue weighted by molar-refractivity contribution is 6.31. The minimum absolute atomic E-state index is 0.427. The summed E-state index contributed by atoms with van der Waals surface area (Å²) in [5.74, 6) is 1.27. The standard InChI is InChI=1S/C17H19Cl2NO/c1-3-21-17-7-6-15(9-14(17)10-18)20-11-13-5-4-12(2)8-16(13)19/h4-9,20H,3,10-11H2,1-2H3. The average Bonchev–Trinajstić information content (AvgIpc) is 2.47. The van der Waals surface area contributed by atoms with Crippen LogP contribution in [-0.4, -0.2) is 6.61 Å². The molecule has 0 heterocycles. The van der Waals surface area contributed by atoms with Gasteiger partial charge < -0.3 is 10.1 Å². The van der Waals surface area contributed by atoms with Gasteiger partial charge in [-0.05, 0) is 49.2 Å². The highest BCUT2D eigenvalue weighted by atomic mass is 35.5. The Hall–Kier alpha value is -1.38. The van der Waals surface area contributed by atoms with E-state index >= 15 is 0 Å². The van der Waals surface area contributed by atoms with Gasteiger partial charge in [-0.1, -0.05) is 23.7 Å². The Morgan fingerprint density at radius 1 is 1.10 bits per heavy atom. The molecule has 0 radical (unpaired) electrons. The Bertz CT molecular complexity index is 614. The molecule has 1 N–H and O–H groups in total. The van der Waals surface area contributed by atoms with Crippen molar-refractivity contribution in [3.8, 4) is 5.75 Å². The number of hydrogen-bond acceptors (Lipinski definition) is 2. The third kappa shape index (κ3) is 4.29. The van der Waals surface area contributed by atoms with Gasteiger partial charge in [-0.25, -0.2) is 0 Å². The number of benzene rings is 2. The van der Waals surface area contributed by atoms with Crippen molar-refractivity contribution in [3.05, 3.63) is 58.1 Å². The van der Waals surface area contributed by atoms with Gasteiger partial charge in [0, 0.05) is 22.8 Å². The topological polar surface area (TPSA) is 21.3 Å². The molecule has 2 rings (SSSR count). The molecule has 0 unspecified atom stereocenters. The van der Waals surface area contributed by atoms with Crippen LogP contribution in [0.2, 0.25) is 5.02 Å². The first-order valence-corrected chi connectivity index (χ1v) is 7.86. The molecule has 0 saturated heterocycles. The van der Waals surface area contributed by atoms with Crippen LogP contribution in [0.5, 0.6) is 5.75 Å². The van der Waals surface area contributed by atoms with Crippen molar-refractivity contribution in [2.75, 3.05) is 11.9 Å². The number of anilines is 1. The Kier molecular flexibility index (Phi) is 5.77. The first kappa shape index (κ1) is 16.0. The fraction of sp³-hybridized carbons (Fsp3) is 0.294. The van der Waals surface area contributed by atoms with Crippen LogP contribution in [0.15, 0.2) is 36.4 Å². The summed E-state index contributed by atoms with van der Waals surface area (Å²) in [6.07, 6.45) is 0. The van der Waals surface area contributed by atoms with Gasteiger partial charge in [0.15, 0.2) is 0 Å². The first-order chi connectivity index (χ1) is 10.1. The lowest BCUT2D eigenvalue weighted by atomic mass is 10.1. The Labute approximate surface area is 136 Å². The van der Waals surface area contributed by atoms with E-state index in [2.05, 4.69) is 11.4 Å². The molecule has 0 aliphatic heterocycles. The zero-order valence-electron chi connectivity index (χ0n) is 12.2. The molecule has 0 aliphatic rings. The maximum Gasteiger partial charge on any atom is 0.123 e. The predicted molar refractivity (Wildman–Crippen MR) is 90.7 cm³/mol. The first-order valence-electron chi connectivity index (χ1n) is 6.94. The van der Waals surface area contributed by atoms with Crippen LogP contribution in [0.1, 0.15) is 23.6 Å². The van der Waals surface area contributed by atoms with Gasteiger partial charge in [-0.2, -0.15) is 0 Å². The van der Waals surface area contributed by atoms with E-state index in [9.17, 15) is 0 Å². The third-order valence-electron chi connectivity index (χ3n) is 3.20. The van der Waals surface area contributed by atoms with Crippen molar-refractivity contribution in [1.29, 1.82) is 0 Å². The summed E-state index contributed by atoms with van der Waals surface area (Å²) in [7, 11) is 0. The molecule has 0 amide bonds. The molecule has 0 aromatic heterocycles. The monoisotopic (exact) mass is 323 g/mol. The van der Waals surface area contributed by atoms with Gasteiger partial charge >= 0.3 is 0 Å². The zero-order chi connectivity index (χ0) is 15.2. The van der Waals surface area contributed by atoms with Crippen molar-refractivity contribution in [2.45, 2.75) is 26.3 Å². The van der Waals surface area contributed by atoms with Gasteiger partial charge in [0.1, 0.15) is 5.75 Å². The van der Waals surface area contributed by atoms with E-state index in [1.54, 1.807) is 0 Å². The van der Waals surface area contributed by atoms with E-state index in [-0.39, 0.29) is 0 Å². The Morgan fingerprint density at radius 3 is 2.57 bits per heavy atom. The summed E-state index contributed by atoms with van der Waals surface area (Å²) < 4.78 is 5.54. The van der Waals surface area contributed by atoms with E-state index < -0.39 is 0 Å². The number of alkyl halides is 1. The van der Waals surface area contributed by atoms with Crippen LogP contribution >= 0.6 is 23.2 Å². The van der Waals surface area contributed by atoms with Crippen molar-refractivity contribution in [2.24, 2.45) is 0 Å². The lowest BCUT2D eigenvalue weighted by Gasteiger charge is -2.12. The maximum atomic E-state index is 6.24. The summed E-state index contributed by atoms with van der Waals surface area (Å²) in [6.45, 7) is 5.30. The molecule has 2 aromatic rings. The van der Waals surface area contributed by atoms with Gasteiger partial charge in [-0.3, -0.25) is 0 Å². The summed E-state index contributed by atoms with van der Waals surface area (Å²) in [6, 6.07) is 12.0. The molecule has 0 spiro atoms. The molecule has 2 nitrogen and oxygen atoms in total. The zero-order valence-corrected chi connectivity index (χ0v) is 13.8. The molecule has 2 aromatic carbocycles. The van der Waals surface area contributed by atoms with Crippen LogP contribution in [-0.2, 0) is 12.4 Å². The summed E-state index contributed by atoms with van der Waals surface area (Å²) in [5.41, 5.74) is 4.22. The fourth-order valence-electron chi connectivity index (χ4n) is 2.08. The molecule has 0 fully saturated rings. The van der Waals surface area contributed by atoms with Crippen LogP contribution < -0.4 is 10.1 Å². The summed E-state index contributed by atoms with van der Waals surface area (Å²) >= 11 is 12.2. The number of aryl methyl sites for hydroxylation is 1. The molecule has 0 atom stereocenters. The molecule has 112 valence electrons.